The molecule has 3 aromatic heterocycles. The fourth-order valence-electron chi connectivity index (χ4n) is 7.45. The summed E-state index contributed by atoms with van der Waals surface area (Å²) in [4.78, 5) is 26.5. The zero-order valence-electron chi connectivity index (χ0n) is 30.8. The van der Waals surface area contributed by atoms with Crippen molar-refractivity contribution in [3.63, 3.8) is 0 Å². The average Bonchev–Trinajstić information content (AvgIpc) is 3.88. The van der Waals surface area contributed by atoms with Gasteiger partial charge in [0.25, 0.3) is 0 Å². The molecule has 294 valence electrons. The first-order valence-corrected chi connectivity index (χ1v) is 17.7. The number of para-hydroxylation sites is 1. The average molecular weight is 785 g/mol. The lowest BCUT2D eigenvalue weighted by molar-refractivity contribution is -0.143. The summed E-state index contributed by atoms with van der Waals surface area (Å²) in [5, 5.41) is 5.42. The maximum absolute atomic E-state index is 15.8. The fraction of sp³-hybridized carbons (Fsp3) is 0.325. The van der Waals surface area contributed by atoms with Crippen LogP contribution in [0.25, 0.3) is 27.8 Å². The molecule has 0 bridgehead atoms. The molecule has 0 N–H and O–H groups in total. The largest absolute Gasteiger partial charge is 0.519 e. The Bertz CT molecular complexity index is 2530. The number of hydrogen-bond donors (Lipinski definition) is 0. The maximum atomic E-state index is 15.8. The summed E-state index contributed by atoms with van der Waals surface area (Å²) in [5.41, 5.74) is 0.437. The lowest BCUT2D eigenvalue weighted by Gasteiger charge is -2.33. The zero-order valence-corrected chi connectivity index (χ0v) is 30.8. The van der Waals surface area contributed by atoms with Crippen LogP contribution in [-0.4, -0.2) is 25.3 Å². The van der Waals surface area contributed by atoms with E-state index in [1.807, 2.05) is 32.0 Å². The number of benzene rings is 3. The maximum Gasteiger partial charge on any atom is 0.519 e. The fourth-order valence-corrected chi connectivity index (χ4v) is 7.45. The number of halogens is 7. The Kier molecular flexibility index (Phi) is 9.54. The van der Waals surface area contributed by atoms with E-state index in [9.17, 15) is 35.9 Å². The highest BCUT2D eigenvalue weighted by atomic mass is 19.4. The number of nitrogens with zero attached hydrogens (tertiary/aromatic N) is 4. The minimum Gasteiger partial charge on any atom is -0.441 e. The third kappa shape index (κ3) is 6.58. The summed E-state index contributed by atoms with van der Waals surface area (Å²) < 4.78 is 117. The summed E-state index contributed by atoms with van der Waals surface area (Å²) in [6.45, 7) is 8.18. The second kappa shape index (κ2) is 13.8. The molecule has 0 atom stereocenters. The monoisotopic (exact) mass is 784 g/mol. The molecule has 0 radical (unpaired) electrons. The van der Waals surface area contributed by atoms with Crippen LogP contribution < -0.4 is 5.82 Å². The molecule has 6 aromatic rings. The minimum absolute atomic E-state index is 0.0208. The van der Waals surface area contributed by atoms with Gasteiger partial charge >= 0.3 is 24.3 Å². The van der Waals surface area contributed by atoms with Crippen molar-refractivity contribution in [3.05, 3.63) is 128 Å². The summed E-state index contributed by atoms with van der Waals surface area (Å²) in [7, 11) is 0. The van der Waals surface area contributed by atoms with Gasteiger partial charge in [-0.2, -0.15) is 31.4 Å². The number of rotatable bonds is 8. The van der Waals surface area contributed by atoms with Crippen molar-refractivity contribution in [1.82, 2.24) is 19.2 Å². The van der Waals surface area contributed by atoms with Crippen molar-refractivity contribution in [3.8, 4) is 16.9 Å². The van der Waals surface area contributed by atoms with Crippen molar-refractivity contribution < 1.29 is 49.1 Å². The molecule has 0 spiro atoms. The standard InChI is InChI=1S/C40H35F7N4O5/c1-6-22-9-8-10-23(7-2)32(22)51-33(26-13-14-30(41)34-27(26)15-16-50(34)36(52)54-20-31-21(3)55-37(53)56-31)28-19-49(38(4,5)35(28)48-51)18-24-11-12-25(39(42,43)44)17-29(24)40(45,46)47/h8-17H,6-7,18-20H2,1-5H3. The van der Waals surface area contributed by atoms with Crippen LogP contribution in [-0.2, 0) is 55.2 Å². The second-order valence-electron chi connectivity index (χ2n) is 14.0. The van der Waals surface area contributed by atoms with Crippen molar-refractivity contribution in [2.75, 3.05) is 0 Å². The van der Waals surface area contributed by atoms with Gasteiger partial charge in [-0.15, -0.1) is 0 Å². The number of ether oxygens (including phenoxy) is 1. The minimum atomic E-state index is -5.06. The highest BCUT2D eigenvalue weighted by Crippen LogP contribution is 2.47. The Balaban J connectivity index is 1.38. The van der Waals surface area contributed by atoms with Gasteiger partial charge in [0.05, 0.1) is 39.3 Å². The zero-order chi connectivity index (χ0) is 40.5. The van der Waals surface area contributed by atoms with E-state index in [0.717, 1.165) is 27.4 Å². The second-order valence-corrected chi connectivity index (χ2v) is 14.0. The Labute approximate surface area is 314 Å². The smallest absolute Gasteiger partial charge is 0.441 e. The van der Waals surface area contributed by atoms with Crippen LogP contribution in [0.4, 0.5) is 35.5 Å². The normalized spacial score (nSPS) is 14.5. The van der Waals surface area contributed by atoms with Crippen LogP contribution in [0.3, 0.4) is 0 Å². The van der Waals surface area contributed by atoms with E-state index in [1.54, 1.807) is 23.4 Å². The Hall–Kier alpha value is -5.64. The van der Waals surface area contributed by atoms with Crippen molar-refractivity contribution in [1.29, 1.82) is 0 Å². The molecule has 0 unspecified atom stereocenters. The van der Waals surface area contributed by atoms with Crippen LogP contribution >= 0.6 is 0 Å². The van der Waals surface area contributed by atoms with Gasteiger partial charge in [0.15, 0.2) is 18.1 Å². The van der Waals surface area contributed by atoms with Gasteiger partial charge in [0.2, 0.25) is 0 Å². The number of aromatic nitrogens is 3. The van der Waals surface area contributed by atoms with Crippen molar-refractivity contribution in [2.24, 2.45) is 0 Å². The Morgan fingerprint density at radius 1 is 0.929 bits per heavy atom. The first-order chi connectivity index (χ1) is 26.3. The van der Waals surface area contributed by atoms with Crippen molar-refractivity contribution >= 4 is 17.0 Å². The molecule has 1 aliphatic heterocycles. The van der Waals surface area contributed by atoms with E-state index in [1.165, 1.54) is 31.3 Å². The Morgan fingerprint density at radius 2 is 1.62 bits per heavy atom. The Morgan fingerprint density at radius 3 is 2.23 bits per heavy atom. The van der Waals surface area contributed by atoms with Crippen molar-refractivity contribution in [2.45, 2.75) is 85.0 Å². The number of alkyl halides is 6. The van der Waals surface area contributed by atoms with Gasteiger partial charge in [0.1, 0.15) is 5.82 Å². The highest BCUT2D eigenvalue weighted by Gasteiger charge is 2.45. The molecule has 3 aromatic carbocycles. The first-order valence-electron chi connectivity index (χ1n) is 17.7. The van der Waals surface area contributed by atoms with Crippen LogP contribution in [0, 0.1) is 12.7 Å². The molecule has 0 saturated heterocycles. The van der Waals surface area contributed by atoms with E-state index in [4.69, 9.17) is 18.7 Å². The molecule has 16 heteroatoms. The molecule has 0 aliphatic carbocycles. The van der Waals surface area contributed by atoms with E-state index >= 15 is 4.39 Å². The van der Waals surface area contributed by atoms with E-state index in [-0.39, 0.29) is 41.8 Å². The van der Waals surface area contributed by atoms with E-state index in [2.05, 4.69) is 0 Å². The van der Waals surface area contributed by atoms with Gasteiger partial charge in [-0.25, -0.2) is 23.2 Å². The van der Waals surface area contributed by atoms with Gasteiger partial charge in [-0.3, -0.25) is 4.90 Å². The lowest BCUT2D eigenvalue weighted by Crippen LogP contribution is -2.36. The quantitative estimate of drug-likeness (QED) is 0.142. The molecule has 0 fully saturated rings. The van der Waals surface area contributed by atoms with Crippen LogP contribution in [0.1, 0.15) is 78.3 Å². The van der Waals surface area contributed by atoms with Gasteiger partial charge in [-0.05, 0) is 80.6 Å². The first kappa shape index (κ1) is 38.6. The molecule has 9 nitrogen and oxygen atoms in total. The number of carbonyl (C=O) groups excluding carboxylic acids is 1. The summed E-state index contributed by atoms with van der Waals surface area (Å²) in [5.74, 6) is -1.64. The number of carbonyl (C=O) groups is 1. The number of hydrogen-bond acceptors (Lipinski definition) is 7. The highest BCUT2D eigenvalue weighted by molar-refractivity contribution is 6.00. The van der Waals surface area contributed by atoms with E-state index in [0.29, 0.717) is 46.8 Å². The van der Waals surface area contributed by atoms with Gasteiger partial charge in [-0.1, -0.05) is 38.1 Å². The molecule has 1 aliphatic rings. The molecule has 4 heterocycles. The van der Waals surface area contributed by atoms with Gasteiger partial charge in [0, 0.05) is 35.8 Å². The molecule has 7 rings (SSSR count). The number of fused-ring (bicyclic) bond motifs is 2. The van der Waals surface area contributed by atoms with E-state index < -0.39 is 53.4 Å². The topological polar surface area (TPSA) is 95.6 Å². The third-order valence-electron chi connectivity index (χ3n) is 10.4. The van der Waals surface area contributed by atoms with Crippen LogP contribution in [0.15, 0.2) is 74.4 Å². The predicted molar refractivity (Wildman–Crippen MR) is 189 cm³/mol. The van der Waals surface area contributed by atoms with Gasteiger partial charge < -0.3 is 13.6 Å². The SMILES string of the molecule is CCc1cccc(CC)c1-n1nc2c(c1-c1ccc(F)c3c1ccn3C(=O)OCc1oc(=O)oc1C)CN(Cc1ccc(C(F)(F)F)cc1C(F)(F)F)C2(C)C. The molecule has 56 heavy (non-hydrogen) atoms. The summed E-state index contributed by atoms with van der Waals surface area (Å²) in [6.07, 6.45) is -8.45. The molecule has 0 amide bonds. The molecular formula is C40H35F7N4O5. The third-order valence-corrected chi connectivity index (χ3v) is 10.4. The lowest BCUT2D eigenvalue weighted by atomic mass is 9.96. The summed E-state index contributed by atoms with van der Waals surface area (Å²) in [6, 6.07) is 11.7. The van der Waals surface area contributed by atoms with Crippen LogP contribution in [0.2, 0.25) is 0 Å². The molecular weight excluding hydrogens is 749 g/mol. The number of aryl methyl sites for hydroxylation is 3. The summed E-state index contributed by atoms with van der Waals surface area (Å²) >= 11 is 0. The molecule has 0 saturated carbocycles. The van der Waals surface area contributed by atoms with Crippen LogP contribution in [0.5, 0.6) is 0 Å². The predicted octanol–water partition coefficient (Wildman–Crippen LogP) is 10.1.